The third-order valence-electron chi connectivity index (χ3n) is 9.79. The number of fused-ring (bicyclic) bond motifs is 4. The fourth-order valence-electron chi connectivity index (χ4n) is 7.87. The predicted octanol–water partition coefficient (Wildman–Crippen LogP) is 4.82. The van der Waals surface area contributed by atoms with Crippen LogP contribution in [0.1, 0.15) is 36.8 Å². The van der Waals surface area contributed by atoms with E-state index in [1.54, 1.807) is 48.5 Å². The van der Waals surface area contributed by atoms with Crippen molar-refractivity contribution in [1.29, 1.82) is 0 Å². The summed E-state index contributed by atoms with van der Waals surface area (Å²) in [5.74, 6) is -3.37. The molecule has 4 amide bonds. The SMILES string of the molecule is C[C@@]12C(=O)N(c3ccccc3)C(=O)[C@@H]1C[C@@H]1C(=CC[C@@H]3C(=O)N(Cc4ccccc4)C(=O)[C@@H]31)[C@@H]2c1ccc(O)cc1. The number of phenols is 1. The Hall–Kier alpha value is -4.52. The van der Waals surface area contributed by atoms with E-state index in [-0.39, 0.29) is 41.8 Å². The van der Waals surface area contributed by atoms with Crippen LogP contribution in [0.4, 0.5) is 5.69 Å². The fourth-order valence-corrected chi connectivity index (χ4v) is 7.87. The molecule has 7 rings (SSSR count). The second kappa shape index (κ2) is 9.26. The number of imide groups is 2. The number of hydrogen-bond donors (Lipinski definition) is 1. The normalized spacial score (nSPS) is 30.7. The molecule has 2 heterocycles. The minimum absolute atomic E-state index is 0.105. The molecule has 0 unspecified atom stereocenters. The monoisotopic (exact) mass is 546 g/mol. The van der Waals surface area contributed by atoms with Gasteiger partial charge in [0.1, 0.15) is 5.75 Å². The summed E-state index contributed by atoms with van der Waals surface area (Å²) in [4.78, 5) is 58.6. The number of anilines is 1. The molecule has 6 atom stereocenters. The van der Waals surface area contributed by atoms with Gasteiger partial charge in [-0.3, -0.25) is 24.1 Å². The molecule has 0 bridgehead atoms. The number of likely N-dealkylation sites (tertiary alicyclic amines) is 1. The van der Waals surface area contributed by atoms with Crippen LogP contribution in [-0.4, -0.2) is 33.6 Å². The summed E-state index contributed by atoms with van der Waals surface area (Å²) in [6, 6.07) is 25.2. The van der Waals surface area contributed by atoms with Crippen LogP contribution in [0, 0.1) is 29.1 Å². The molecular formula is C34H30N2O5. The molecule has 3 fully saturated rings. The Bertz CT molecular complexity index is 1600. The van der Waals surface area contributed by atoms with Crippen molar-refractivity contribution < 1.29 is 24.3 Å². The number of para-hydroxylation sites is 1. The maximum absolute atomic E-state index is 14.3. The van der Waals surface area contributed by atoms with Crippen molar-refractivity contribution in [2.75, 3.05) is 4.90 Å². The highest BCUT2D eigenvalue weighted by atomic mass is 16.3. The Labute approximate surface area is 238 Å². The van der Waals surface area contributed by atoms with Gasteiger partial charge >= 0.3 is 0 Å². The molecule has 206 valence electrons. The smallest absolute Gasteiger partial charge is 0.241 e. The van der Waals surface area contributed by atoms with Crippen LogP contribution in [0.2, 0.25) is 0 Å². The van der Waals surface area contributed by atoms with E-state index in [9.17, 15) is 24.3 Å². The van der Waals surface area contributed by atoms with Gasteiger partial charge in [-0.2, -0.15) is 0 Å². The first-order chi connectivity index (χ1) is 19.8. The topological polar surface area (TPSA) is 95.0 Å². The van der Waals surface area contributed by atoms with E-state index in [2.05, 4.69) is 0 Å². The fraction of sp³-hybridized carbons (Fsp3) is 0.294. The Morgan fingerprint density at radius 1 is 0.805 bits per heavy atom. The van der Waals surface area contributed by atoms with Gasteiger partial charge in [0.25, 0.3) is 0 Å². The number of aromatic hydroxyl groups is 1. The van der Waals surface area contributed by atoms with Crippen molar-refractivity contribution >= 4 is 29.3 Å². The van der Waals surface area contributed by atoms with Crippen molar-refractivity contribution in [1.82, 2.24) is 4.90 Å². The van der Waals surface area contributed by atoms with Crippen LogP contribution >= 0.6 is 0 Å². The largest absolute Gasteiger partial charge is 0.508 e. The lowest BCUT2D eigenvalue weighted by Gasteiger charge is -2.49. The predicted molar refractivity (Wildman–Crippen MR) is 151 cm³/mol. The van der Waals surface area contributed by atoms with Crippen LogP contribution in [0.15, 0.2) is 96.6 Å². The molecular weight excluding hydrogens is 516 g/mol. The zero-order valence-corrected chi connectivity index (χ0v) is 22.6. The van der Waals surface area contributed by atoms with Crippen molar-refractivity contribution in [3.05, 3.63) is 108 Å². The zero-order chi connectivity index (χ0) is 28.5. The summed E-state index contributed by atoms with van der Waals surface area (Å²) in [5.41, 5.74) is 2.06. The van der Waals surface area contributed by atoms with Gasteiger partial charge in [0.15, 0.2) is 0 Å². The summed E-state index contributed by atoms with van der Waals surface area (Å²) < 4.78 is 0. The molecule has 1 saturated carbocycles. The Morgan fingerprint density at radius 3 is 2.15 bits per heavy atom. The molecule has 2 aliphatic heterocycles. The van der Waals surface area contributed by atoms with Gasteiger partial charge in [0.2, 0.25) is 23.6 Å². The summed E-state index contributed by atoms with van der Waals surface area (Å²) in [5, 5.41) is 10.0. The first-order valence-corrected chi connectivity index (χ1v) is 14.1. The molecule has 7 nitrogen and oxygen atoms in total. The van der Waals surface area contributed by atoms with Gasteiger partial charge < -0.3 is 5.11 Å². The average Bonchev–Trinajstić information content (AvgIpc) is 3.34. The van der Waals surface area contributed by atoms with Crippen LogP contribution in [0.25, 0.3) is 0 Å². The lowest BCUT2D eigenvalue weighted by atomic mass is 9.51. The molecule has 2 aliphatic carbocycles. The van der Waals surface area contributed by atoms with E-state index in [1.807, 2.05) is 49.4 Å². The minimum Gasteiger partial charge on any atom is -0.508 e. The average molecular weight is 547 g/mol. The second-order valence-electron chi connectivity index (χ2n) is 11.8. The zero-order valence-electron chi connectivity index (χ0n) is 22.6. The number of benzene rings is 3. The third kappa shape index (κ3) is 3.64. The van der Waals surface area contributed by atoms with Crippen molar-refractivity contribution in [2.24, 2.45) is 29.1 Å². The van der Waals surface area contributed by atoms with Crippen LogP contribution in [0.5, 0.6) is 5.75 Å². The second-order valence-corrected chi connectivity index (χ2v) is 11.8. The van der Waals surface area contributed by atoms with Crippen molar-refractivity contribution in [2.45, 2.75) is 32.2 Å². The van der Waals surface area contributed by atoms with Gasteiger partial charge in [0.05, 0.1) is 35.4 Å². The molecule has 0 spiro atoms. The number of nitrogens with zero attached hydrogens (tertiary/aromatic N) is 2. The van der Waals surface area contributed by atoms with Gasteiger partial charge in [-0.1, -0.05) is 72.3 Å². The minimum atomic E-state index is -1.09. The quantitative estimate of drug-likeness (QED) is 0.374. The molecule has 3 aromatic rings. The molecule has 0 aromatic heterocycles. The molecule has 1 N–H and O–H groups in total. The van der Waals surface area contributed by atoms with E-state index < -0.39 is 29.1 Å². The molecule has 4 aliphatic rings. The summed E-state index contributed by atoms with van der Waals surface area (Å²) in [6.07, 6.45) is 2.78. The standard InChI is InChI=1S/C34H30N2O5/c1-34-27(31(39)36(33(34)41)22-10-6-3-7-11-22)18-26-24(29(34)21-12-14-23(37)15-13-21)16-17-25-28(26)32(40)35(30(25)38)19-20-8-4-2-5-9-20/h2-16,25-29,37H,17-19H2,1H3/t25-,26+,27-,28-,29-,34+/m0/s1. The Balaban J connectivity index is 1.33. The van der Waals surface area contributed by atoms with Crippen molar-refractivity contribution in [3.8, 4) is 5.75 Å². The van der Waals surface area contributed by atoms with E-state index in [0.29, 0.717) is 18.5 Å². The van der Waals surface area contributed by atoms with E-state index in [4.69, 9.17) is 0 Å². The van der Waals surface area contributed by atoms with Gasteiger partial charge in [0, 0.05) is 5.92 Å². The van der Waals surface area contributed by atoms with E-state index in [1.165, 1.54) is 9.80 Å². The van der Waals surface area contributed by atoms with Gasteiger partial charge in [-0.25, -0.2) is 4.90 Å². The molecule has 7 heteroatoms. The number of allylic oxidation sites excluding steroid dienone is 2. The highest BCUT2D eigenvalue weighted by molar-refractivity contribution is 6.24. The maximum Gasteiger partial charge on any atom is 0.241 e. The lowest BCUT2D eigenvalue weighted by molar-refractivity contribution is -0.141. The number of phenolic OH excluding ortho intramolecular Hbond substituents is 1. The maximum atomic E-state index is 14.3. The summed E-state index contributed by atoms with van der Waals surface area (Å²) >= 11 is 0. The number of carbonyl (C=O) groups excluding carboxylic acids is 4. The van der Waals surface area contributed by atoms with E-state index in [0.717, 1.165) is 16.7 Å². The highest BCUT2D eigenvalue weighted by Crippen LogP contribution is 2.63. The Morgan fingerprint density at radius 2 is 1.46 bits per heavy atom. The molecule has 2 saturated heterocycles. The molecule has 41 heavy (non-hydrogen) atoms. The summed E-state index contributed by atoms with van der Waals surface area (Å²) in [6.45, 7) is 2.08. The Kier molecular flexibility index (Phi) is 5.75. The molecule has 3 aromatic carbocycles. The van der Waals surface area contributed by atoms with Gasteiger partial charge in [-0.05, 0) is 61.1 Å². The van der Waals surface area contributed by atoms with E-state index >= 15 is 0 Å². The van der Waals surface area contributed by atoms with Crippen LogP contribution < -0.4 is 4.90 Å². The highest BCUT2D eigenvalue weighted by Gasteiger charge is 2.67. The van der Waals surface area contributed by atoms with Gasteiger partial charge in [-0.15, -0.1) is 0 Å². The first kappa shape index (κ1) is 25.4. The van der Waals surface area contributed by atoms with Crippen LogP contribution in [-0.2, 0) is 25.7 Å². The number of carbonyl (C=O) groups is 4. The number of amides is 4. The lowest BCUT2D eigenvalue weighted by Crippen LogP contribution is -2.48. The molecule has 0 radical (unpaired) electrons. The van der Waals surface area contributed by atoms with Crippen LogP contribution in [0.3, 0.4) is 0 Å². The summed E-state index contributed by atoms with van der Waals surface area (Å²) in [7, 11) is 0. The number of rotatable bonds is 4. The third-order valence-corrected chi connectivity index (χ3v) is 9.79. The van der Waals surface area contributed by atoms with Crippen molar-refractivity contribution in [3.63, 3.8) is 0 Å². The number of hydrogen-bond acceptors (Lipinski definition) is 5. The first-order valence-electron chi connectivity index (χ1n) is 14.1.